The van der Waals surface area contributed by atoms with E-state index in [0.717, 1.165) is 10.6 Å². The number of aromatic nitrogens is 1. The van der Waals surface area contributed by atoms with Crippen LogP contribution in [0.15, 0.2) is 47.2 Å². The Kier molecular flexibility index (Phi) is 4.68. The smallest absolute Gasteiger partial charge is 0.265 e. The summed E-state index contributed by atoms with van der Waals surface area (Å²) in [6.45, 7) is 0.295. The van der Waals surface area contributed by atoms with Crippen molar-refractivity contribution < 1.29 is 14.3 Å². The number of para-hydroxylation sites is 2. The van der Waals surface area contributed by atoms with Gasteiger partial charge in [0.25, 0.3) is 5.91 Å². The summed E-state index contributed by atoms with van der Waals surface area (Å²) in [4.78, 5) is 31.5. The van der Waals surface area contributed by atoms with E-state index in [-0.39, 0.29) is 24.8 Å². The number of ether oxygens (including phenoxy) is 1. The van der Waals surface area contributed by atoms with E-state index in [0.29, 0.717) is 23.1 Å². The second-order valence-electron chi connectivity index (χ2n) is 5.62. The van der Waals surface area contributed by atoms with E-state index in [4.69, 9.17) is 4.74 Å². The molecular weight excluding hydrogens is 370 g/mol. The molecular formula is C18H15N3O3S2. The molecule has 0 fully saturated rings. The number of anilines is 2. The van der Waals surface area contributed by atoms with Crippen LogP contribution in [0, 0.1) is 0 Å². The highest BCUT2D eigenvalue weighted by atomic mass is 32.1. The van der Waals surface area contributed by atoms with Crippen LogP contribution in [0.25, 0.3) is 10.6 Å². The first-order chi connectivity index (χ1) is 12.7. The van der Waals surface area contributed by atoms with Gasteiger partial charge in [-0.1, -0.05) is 18.2 Å². The number of benzene rings is 1. The maximum absolute atomic E-state index is 12.3. The van der Waals surface area contributed by atoms with Gasteiger partial charge in [0, 0.05) is 18.3 Å². The van der Waals surface area contributed by atoms with Crippen LogP contribution in [0.3, 0.4) is 0 Å². The molecule has 3 aromatic rings. The second kappa shape index (κ2) is 7.27. The molecule has 26 heavy (non-hydrogen) atoms. The lowest BCUT2D eigenvalue weighted by Gasteiger charge is -2.29. The van der Waals surface area contributed by atoms with Gasteiger partial charge in [0.1, 0.15) is 5.75 Å². The van der Waals surface area contributed by atoms with Crippen molar-refractivity contribution in [1.82, 2.24) is 4.98 Å². The minimum absolute atomic E-state index is 0.00468. The zero-order valence-electron chi connectivity index (χ0n) is 13.7. The summed E-state index contributed by atoms with van der Waals surface area (Å²) in [6, 6.07) is 11.3. The summed E-state index contributed by atoms with van der Waals surface area (Å²) in [5, 5.41) is 7.28. The van der Waals surface area contributed by atoms with Crippen molar-refractivity contribution in [3.63, 3.8) is 0 Å². The van der Waals surface area contributed by atoms with E-state index in [1.54, 1.807) is 16.2 Å². The number of nitrogens with one attached hydrogen (secondary N) is 1. The Morgan fingerprint density at radius 3 is 2.96 bits per heavy atom. The molecule has 8 heteroatoms. The Labute approximate surface area is 158 Å². The molecule has 2 aromatic heterocycles. The molecule has 0 unspecified atom stereocenters. The predicted octanol–water partition coefficient (Wildman–Crippen LogP) is 3.63. The van der Waals surface area contributed by atoms with E-state index in [2.05, 4.69) is 10.3 Å². The largest absolute Gasteiger partial charge is 0.482 e. The zero-order chi connectivity index (χ0) is 17.9. The fourth-order valence-corrected chi connectivity index (χ4v) is 4.15. The molecule has 2 amide bonds. The molecule has 0 radical (unpaired) electrons. The molecule has 0 bridgehead atoms. The molecule has 1 aliphatic rings. The third-order valence-corrected chi connectivity index (χ3v) is 5.54. The Balaban J connectivity index is 1.38. The number of nitrogens with zero attached hydrogens (tertiary/aromatic N) is 2. The molecule has 1 N–H and O–H groups in total. The highest BCUT2D eigenvalue weighted by Gasteiger charge is 2.25. The average molecular weight is 385 g/mol. The molecule has 6 nitrogen and oxygen atoms in total. The van der Waals surface area contributed by atoms with Crippen molar-refractivity contribution >= 4 is 45.3 Å². The van der Waals surface area contributed by atoms with Crippen molar-refractivity contribution in [2.75, 3.05) is 23.4 Å². The van der Waals surface area contributed by atoms with Gasteiger partial charge in [-0.3, -0.25) is 9.59 Å². The van der Waals surface area contributed by atoms with Gasteiger partial charge in [-0.25, -0.2) is 4.98 Å². The minimum Gasteiger partial charge on any atom is -0.482 e. The van der Waals surface area contributed by atoms with Crippen molar-refractivity contribution in [3.8, 4) is 16.3 Å². The molecule has 0 aliphatic carbocycles. The molecule has 3 heterocycles. The quantitative estimate of drug-likeness (QED) is 0.728. The van der Waals surface area contributed by atoms with Crippen LogP contribution in [-0.2, 0) is 9.59 Å². The van der Waals surface area contributed by atoms with Crippen LogP contribution in [-0.4, -0.2) is 29.9 Å². The Morgan fingerprint density at radius 1 is 1.23 bits per heavy atom. The summed E-state index contributed by atoms with van der Waals surface area (Å²) in [6.07, 6.45) is 0.188. The van der Waals surface area contributed by atoms with Gasteiger partial charge < -0.3 is 15.0 Å². The van der Waals surface area contributed by atoms with Gasteiger partial charge in [-0.2, -0.15) is 0 Å². The predicted molar refractivity (Wildman–Crippen MR) is 103 cm³/mol. The third kappa shape index (κ3) is 3.47. The molecule has 1 aromatic carbocycles. The van der Waals surface area contributed by atoms with E-state index in [9.17, 15) is 9.59 Å². The number of rotatable bonds is 5. The Hall–Kier alpha value is -2.71. The number of hydrogen-bond acceptors (Lipinski definition) is 6. The van der Waals surface area contributed by atoms with Gasteiger partial charge in [-0.15, -0.1) is 22.7 Å². The lowest BCUT2D eigenvalue weighted by Crippen LogP contribution is -2.40. The molecule has 132 valence electrons. The normalized spacial score (nSPS) is 13.2. The molecule has 0 atom stereocenters. The van der Waals surface area contributed by atoms with Crippen LogP contribution in [0.5, 0.6) is 5.75 Å². The summed E-state index contributed by atoms with van der Waals surface area (Å²) in [5.74, 6) is 0.340. The summed E-state index contributed by atoms with van der Waals surface area (Å²) < 4.78 is 5.41. The maximum Gasteiger partial charge on any atom is 0.265 e. The van der Waals surface area contributed by atoms with Gasteiger partial charge >= 0.3 is 0 Å². The average Bonchev–Trinajstić information content (AvgIpc) is 3.32. The van der Waals surface area contributed by atoms with Crippen molar-refractivity contribution in [2.24, 2.45) is 0 Å². The maximum atomic E-state index is 12.3. The molecule has 0 spiro atoms. The molecule has 1 aliphatic heterocycles. The van der Waals surface area contributed by atoms with Crippen LogP contribution in [0.4, 0.5) is 10.8 Å². The van der Waals surface area contributed by atoms with Crippen LogP contribution in [0.1, 0.15) is 6.42 Å². The van der Waals surface area contributed by atoms with Gasteiger partial charge in [0.05, 0.1) is 16.3 Å². The van der Waals surface area contributed by atoms with Crippen molar-refractivity contribution in [2.45, 2.75) is 6.42 Å². The van der Waals surface area contributed by atoms with Crippen molar-refractivity contribution in [3.05, 3.63) is 47.2 Å². The molecule has 0 saturated heterocycles. The number of fused-ring (bicyclic) bond motifs is 1. The first kappa shape index (κ1) is 16.7. The molecule has 4 rings (SSSR count). The number of amides is 2. The van der Waals surface area contributed by atoms with E-state index in [1.807, 2.05) is 47.2 Å². The van der Waals surface area contributed by atoms with Crippen LogP contribution >= 0.6 is 22.7 Å². The summed E-state index contributed by atoms with van der Waals surface area (Å²) in [5.41, 5.74) is 1.56. The zero-order valence-corrected chi connectivity index (χ0v) is 15.3. The standard InChI is InChI=1S/C18H15N3O3S2/c22-16(20-18-19-12(11-26-18)15-6-3-9-25-15)7-8-21-13-4-1-2-5-14(13)24-10-17(21)23/h1-6,9,11H,7-8,10H2,(H,19,20,22). The first-order valence-corrected chi connectivity index (χ1v) is 9.78. The second-order valence-corrected chi connectivity index (χ2v) is 7.42. The fourth-order valence-electron chi connectivity index (χ4n) is 2.66. The van der Waals surface area contributed by atoms with Gasteiger partial charge in [0.2, 0.25) is 5.91 Å². The Morgan fingerprint density at radius 2 is 2.12 bits per heavy atom. The number of carbonyl (C=O) groups excluding carboxylic acids is 2. The summed E-state index contributed by atoms with van der Waals surface area (Å²) >= 11 is 3.00. The highest BCUT2D eigenvalue weighted by Crippen LogP contribution is 2.32. The minimum atomic E-state index is -0.172. The number of hydrogen-bond donors (Lipinski definition) is 1. The van der Waals surface area contributed by atoms with Gasteiger partial charge in [0.15, 0.2) is 11.7 Å². The topological polar surface area (TPSA) is 71.5 Å². The van der Waals surface area contributed by atoms with E-state index in [1.165, 1.54) is 11.3 Å². The van der Waals surface area contributed by atoms with E-state index >= 15 is 0 Å². The van der Waals surface area contributed by atoms with E-state index < -0.39 is 0 Å². The lowest BCUT2D eigenvalue weighted by molar-refractivity contribution is -0.121. The lowest BCUT2D eigenvalue weighted by atomic mass is 10.2. The van der Waals surface area contributed by atoms with Crippen molar-refractivity contribution in [1.29, 1.82) is 0 Å². The highest BCUT2D eigenvalue weighted by molar-refractivity contribution is 7.16. The Bertz CT molecular complexity index is 937. The number of thiophene rings is 1. The monoisotopic (exact) mass is 385 g/mol. The first-order valence-electron chi connectivity index (χ1n) is 8.02. The van der Waals surface area contributed by atoms with Crippen LogP contribution < -0.4 is 15.0 Å². The third-order valence-electron chi connectivity index (χ3n) is 3.89. The number of thiazole rings is 1. The fraction of sp³-hybridized carbons (Fsp3) is 0.167. The number of carbonyl (C=O) groups is 2. The summed E-state index contributed by atoms with van der Waals surface area (Å²) in [7, 11) is 0. The van der Waals surface area contributed by atoms with Gasteiger partial charge in [-0.05, 0) is 23.6 Å². The van der Waals surface area contributed by atoms with Crippen LogP contribution in [0.2, 0.25) is 0 Å². The SMILES string of the molecule is O=C(CCN1C(=O)COc2ccccc21)Nc1nc(-c2cccs2)cs1. The molecule has 0 saturated carbocycles.